The van der Waals surface area contributed by atoms with Crippen molar-refractivity contribution in [2.24, 2.45) is 5.73 Å². The van der Waals surface area contributed by atoms with Crippen LogP contribution in [-0.2, 0) is 6.42 Å². The summed E-state index contributed by atoms with van der Waals surface area (Å²) >= 11 is 0. The van der Waals surface area contributed by atoms with Gasteiger partial charge >= 0.3 is 0 Å². The SMILES string of the molecule is Cc1ccccc1CC(N)c1ccc2ncccc2c1. The van der Waals surface area contributed by atoms with Gasteiger partial charge in [-0.3, -0.25) is 4.98 Å². The molecule has 0 fully saturated rings. The Morgan fingerprint density at radius 1 is 1.05 bits per heavy atom. The van der Waals surface area contributed by atoms with Crippen molar-refractivity contribution in [1.82, 2.24) is 4.98 Å². The number of aromatic nitrogens is 1. The van der Waals surface area contributed by atoms with Crippen LogP contribution in [0.15, 0.2) is 60.8 Å². The van der Waals surface area contributed by atoms with Gasteiger partial charge in [0.15, 0.2) is 0 Å². The molecule has 1 heterocycles. The number of hydrogen-bond acceptors (Lipinski definition) is 2. The van der Waals surface area contributed by atoms with E-state index in [0.717, 1.165) is 22.9 Å². The van der Waals surface area contributed by atoms with Crippen LogP contribution in [0.1, 0.15) is 22.7 Å². The maximum Gasteiger partial charge on any atom is 0.0702 e. The summed E-state index contributed by atoms with van der Waals surface area (Å²) in [5.74, 6) is 0. The molecule has 3 rings (SSSR count). The second kappa shape index (κ2) is 5.43. The molecule has 3 aromatic rings. The largest absolute Gasteiger partial charge is 0.324 e. The predicted octanol–water partition coefficient (Wildman–Crippen LogP) is 3.79. The molecule has 20 heavy (non-hydrogen) atoms. The number of fused-ring (bicyclic) bond motifs is 1. The lowest BCUT2D eigenvalue weighted by Gasteiger charge is -2.14. The molecule has 0 saturated heterocycles. The Kier molecular flexibility index (Phi) is 3.48. The molecular weight excluding hydrogens is 244 g/mol. The standard InChI is InChI=1S/C18H18N2/c1-13-5-2-3-6-14(13)12-17(19)15-8-9-18-16(11-15)7-4-10-20-18/h2-11,17H,12,19H2,1H3. The van der Waals surface area contributed by atoms with Gasteiger partial charge in [0.25, 0.3) is 0 Å². The van der Waals surface area contributed by atoms with E-state index in [1.54, 1.807) is 0 Å². The monoisotopic (exact) mass is 262 g/mol. The fourth-order valence-corrected chi connectivity index (χ4v) is 2.52. The molecular formula is C18H18N2. The summed E-state index contributed by atoms with van der Waals surface area (Å²) in [5, 5.41) is 1.14. The van der Waals surface area contributed by atoms with Gasteiger partial charge in [-0.2, -0.15) is 0 Å². The van der Waals surface area contributed by atoms with Gasteiger partial charge in [-0.05, 0) is 48.2 Å². The number of pyridine rings is 1. The summed E-state index contributed by atoms with van der Waals surface area (Å²) in [4.78, 5) is 4.34. The third-order valence-electron chi connectivity index (χ3n) is 3.76. The molecule has 0 aliphatic carbocycles. The molecule has 2 heteroatoms. The third kappa shape index (κ3) is 2.56. The van der Waals surface area contributed by atoms with Crippen LogP contribution in [0.25, 0.3) is 10.9 Å². The van der Waals surface area contributed by atoms with Crippen LogP contribution in [0.4, 0.5) is 0 Å². The van der Waals surface area contributed by atoms with Gasteiger partial charge in [-0.25, -0.2) is 0 Å². The zero-order valence-corrected chi connectivity index (χ0v) is 11.6. The van der Waals surface area contributed by atoms with Crippen molar-refractivity contribution in [3.05, 3.63) is 77.5 Å². The minimum atomic E-state index is 0.0145. The molecule has 0 aliphatic heterocycles. The Morgan fingerprint density at radius 3 is 2.75 bits per heavy atom. The van der Waals surface area contributed by atoms with E-state index >= 15 is 0 Å². The highest BCUT2D eigenvalue weighted by Crippen LogP contribution is 2.21. The zero-order valence-electron chi connectivity index (χ0n) is 11.6. The fraction of sp³-hybridized carbons (Fsp3) is 0.167. The number of hydrogen-bond donors (Lipinski definition) is 1. The van der Waals surface area contributed by atoms with E-state index in [9.17, 15) is 0 Å². The lowest BCUT2D eigenvalue weighted by Crippen LogP contribution is -2.13. The summed E-state index contributed by atoms with van der Waals surface area (Å²) in [6.07, 6.45) is 2.67. The second-order valence-electron chi connectivity index (χ2n) is 5.19. The maximum absolute atomic E-state index is 6.37. The molecule has 1 unspecified atom stereocenters. The highest BCUT2D eigenvalue weighted by Gasteiger charge is 2.09. The number of benzene rings is 2. The summed E-state index contributed by atoms with van der Waals surface area (Å²) in [6, 6.07) is 18.7. The van der Waals surface area contributed by atoms with E-state index in [0.29, 0.717) is 0 Å². The lowest BCUT2D eigenvalue weighted by molar-refractivity contribution is 0.720. The normalized spacial score (nSPS) is 12.5. The van der Waals surface area contributed by atoms with Crippen molar-refractivity contribution in [2.75, 3.05) is 0 Å². The summed E-state index contributed by atoms with van der Waals surface area (Å²) < 4.78 is 0. The highest BCUT2D eigenvalue weighted by atomic mass is 14.7. The quantitative estimate of drug-likeness (QED) is 0.780. The van der Waals surface area contributed by atoms with Gasteiger partial charge in [-0.1, -0.05) is 36.4 Å². The minimum absolute atomic E-state index is 0.0145. The van der Waals surface area contributed by atoms with Gasteiger partial charge < -0.3 is 5.73 Å². The average Bonchev–Trinajstić information content (AvgIpc) is 2.49. The van der Waals surface area contributed by atoms with Crippen molar-refractivity contribution in [1.29, 1.82) is 0 Å². The average molecular weight is 262 g/mol. The zero-order chi connectivity index (χ0) is 13.9. The molecule has 2 aromatic carbocycles. The Labute approximate surface area is 119 Å². The van der Waals surface area contributed by atoms with Crippen LogP contribution in [0.5, 0.6) is 0 Å². The summed E-state index contributed by atoms with van der Waals surface area (Å²) in [7, 11) is 0. The Morgan fingerprint density at radius 2 is 1.90 bits per heavy atom. The molecule has 0 aliphatic rings. The van der Waals surface area contributed by atoms with Crippen molar-refractivity contribution < 1.29 is 0 Å². The summed E-state index contributed by atoms with van der Waals surface area (Å²) in [5.41, 5.74) is 11.1. The molecule has 2 nitrogen and oxygen atoms in total. The second-order valence-corrected chi connectivity index (χ2v) is 5.19. The molecule has 0 saturated carbocycles. The molecule has 1 atom stereocenters. The summed E-state index contributed by atoms with van der Waals surface area (Å²) in [6.45, 7) is 2.13. The van der Waals surface area contributed by atoms with E-state index in [2.05, 4.69) is 54.4 Å². The van der Waals surface area contributed by atoms with Gasteiger partial charge in [0.05, 0.1) is 5.52 Å². The molecule has 100 valence electrons. The van der Waals surface area contributed by atoms with Crippen molar-refractivity contribution in [3.8, 4) is 0 Å². The van der Waals surface area contributed by atoms with Crippen LogP contribution >= 0.6 is 0 Å². The molecule has 0 spiro atoms. The molecule has 0 bridgehead atoms. The lowest BCUT2D eigenvalue weighted by atomic mass is 9.96. The minimum Gasteiger partial charge on any atom is -0.324 e. The number of nitrogens with zero attached hydrogens (tertiary/aromatic N) is 1. The number of nitrogens with two attached hydrogens (primary N) is 1. The van der Waals surface area contributed by atoms with E-state index in [1.807, 2.05) is 18.3 Å². The first-order valence-electron chi connectivity index (χ1n) is 6.89. The highest BCUT2D eigenvalue weighted by molar-refractivity contribution is 5.79. The predicted molar refractivity (Wildman–Crippen MR) is 83.6 cm³/mol. The van der Waals surface area contributed by atoms with E-state index in [-0.39, 0.29) is 6.04 Å². The van der Waals surface area contributed by atoms with Crippen molar-refractivity contribution in [2.45, 2.75) is 19.4 Å². The molecule has 0 amide bonds. The fourth-order valence-electron chi connectivity index (χ4n) is 2.52. The first-order valence-corrected chi connectivity index (χ1v) is 6.89. The van der Waals surface area contributed by atoms with Crippen LogP contribution in [-0.4, -0.2) is 4.98 Å². The Balaban J connectivity index is 1.89. The molecule has 2 N–H and O–H groups in total. The number of aryl methyl sites for hydroxylation is 1. The molecule has 0 radical (unpaired) electrons. The number of rotatable bonds is 3. The first-order chi connectivity index (χ1) is 9.74. The van der Waals surface area contributed by atoms with Gasteiger partial charge in [-0.15, -0.1) is 0 Å². The van der Waals surface area contributed by atoms with Crippen LogP contribution in [0.2, 0.25) is 0 Å². The Bertz CT molecular complexity index is 734. The van der Waals surface area contributed by atoms with Crippen LogP contribution in [0, 0.1) is 6.92 Å². The van der Waals surface area contributed by atoms with E-state index in [1.165, 1.54) is 11.1 Å². The Hall–Kier alpha value is -2.19. The maximum atomic E-state index is 6.37. The third-order valence-corrected chi connectivity index (χ3v) is 3.76. The topological polar surface area (TPSA) is 38.9 Å². The van der Waals surface area contributed by atoms with Crippen LogP contribution < -0.4 is 5.73 Å². The van der Waals surface area contributed by atoms with Gasteiger partial charge in [0.2, 0.25) is 0 Å². The van der Waals surface area contributed by atoms with Crippen LogP contribution in [0.3, 0.4) is 0 Å². The van der Waals surface area contributed by atoms with Gasteiger partial charge in [0, 0.05) is 17.6 Å². The smallest absolute Gasteiger partial charge is 0.0702 e. The first kappa shape index (κ1) is 12.8. The molecule has 1 aromatic heterocycles. The van der Waals surface area contributed by atoms with E-state index in [4.69, 9.17) is 5.73 Å². The van der Waals surface area contributed by atoms with Crippen molar-refractivity contribution >= 4 is 10.9 Å². The van der Waals surface area contributed by atoms with Crippen molar-refractivity contribution in [3.63, 3.8) is 0 Å². The van der Waals surface area contributed by atoms with E-state index < -0.39 is 0 Å². The van der Waals surface area contributed by atoms with Gasteiger partial charge in [0.1, 0.15) is 0 Å².